The Hall–Kier alpha value is -1.55. The number of carbonyl (C=O) groups is 2. The molecule has 2 amide bonds. The second-order valence-electron chi connectivity index (χ2n) is 4.95. The van der Waals surface area contributed by atoms with Crippen LogP contribution in [0.5, 0.6) is 0 Å². The molecule has 0 aromatic heterocycles. The standard InChI is InChI=1S/C13H15ClN2O2/c1-8-9(14)5-4-6-10(8)16-7-11(17)15-13(2,3)12(16)18/h4-6H,7H2,1-3H3,(H,15,17). The van der Waals surface area contributed by atoms with Gasteiger partial charge in [0.2, 0.25) is 5.91 Å². The molecule has 2 rings (SSSR count). The van der Waals surface area contributed by atoms with Gasteiger partial charge < -0.3 is 10.2 Å². The molecule has 0 unspecified atom stereocenters. The predicted molar refractivity (Wildman–Crippen MR) is 70.8 cm³/mol. The van der Waals surface area contributed by atoms with Crippen LogP contribution in [-0.2, 0) is 9.59 Å². The zero-order valence-electron chi connectivity index (χ0n) is 10.6. The summed E-state index contributed by atoms with van der Waals surface area (Å²) in [6.07, 6.45) is 0. The van der Waals surface area contributed by atoms with Gasteiger partial charge in [-0.1, -0.05) is 17.7 Å². The van der Waals surface area contributed by atoms with Gasteiger partial charge in [0.25, 0.3) is 5.91 Å². The maximum absolute atomic E-state index is 12.3. The first kappa shape index (κ1) is 12.9. The van der Waals surface area contributed by atoms with Crippen LogP contribution in [0, 0.1) is 6.92 Å². The van der Waals surface area contributed by atoms with Gasteiger partial charge in [-0.25, -0.2) is 0 Å². The van der Waals surface area contributed by atoms with Crippen LogP contribution in [0.4, 0.5) is 5.69 Å². The van der Waals surface area contributed by atoms with E-state index in [9.17, 15) is 9.59 Å². The van der Waals surface area contributed by atoms with E-state index in [0.29, 0.717) is 10.7 Å². The number of nitrogens with one attached hydrogen (secondary N) is 1. The van der Waals surface area contributed by atoms with Crippen LogP contribution in [0.25, 0.3) is 0 Å². The first-order valence-electron chi connectivity index (χ1n) is 5.71. The highest BCUT2D eigenvalue weighted by Crippen LogP contribution is 2.29. The van der Waals surface area contributed by atoms with E-state index >= 15 is 0 Å². The van der Waals surface area contributed by atoms with E-state index in [-0.39, 0.29) is 18.4 Å². The molecule has 0 saturated carbocycles. The first-order chi connectivity index (χ1) is 8.33. The molecule has 5 heteroatoms. The van der Waals surface area contributed by atoms with Crippen LogP contribution in [-0.4, -0.2) is 23.9 Å². The molecule has 1 heterocycles. The average molecular weight is 267 g/mol. The largest absolute Gasteiger partial charge is 0.341 e. The van der Waals surface area contributed by atoms with Crippen molar-refractivity contribution >= 4 is 29.1 Å². The summed E-state index contributed by atoms with van der Waals surface area (Å²) in [6, 6.07) is 5.34. The Kier molecular flexibility index (Phi) is 3.07. The zero-order valence-corrected chi connectivity index (χ0v) is 11.3. The van der Waals surface area contributed by atoms with Crippen molar-refractivity contribution in [3.63, 3.8) is 0 Å². The van der Waals surface area contributed by atoms with Gasteiger partial charge in [-0.2, -0.15) is 0 Å². The summed E-state index contributed by atoms with van der Waals surface area (Å²) in [4.78, 5) is 25.5. The number of nitrogens with zero attached hydrogens (tertiary/aromatic N) is 1. The summed E-state index contributed by atoms with van der Waals surface area (Å²) in [5, 5.41) is 3.26. The number of carbonyl (C=O) groups excluding carboxylic acids is 2. The summed E-state index contributed by atoms with van der Waals surface area (Å²) in [7, 11) is 0. The van der Waals surface area contributed by atoms with Crippen molar-refractivity contribution in [2.75, 3.05) is 11.4 Å². The minimum Gasteiger partial charge on any atom is -0.341 e. The molecular weight excluding hydrogens is 252 g/mol. The number of anilines is 1. The summed E-state index contributed by atoms with van der Waals surface area (Å²) in [5.41, 5.74) is 0.609. The molecule has 96 valence electrons. The molecule has 4 nitrogen and oxygen atoms in total. The summed E-state index contributed by atoms with van der Waals surface area (Å²) < 4.78 is 0. The summed E-state index contributed by atoms with van der Waals surface area (Å²) >= 11 is 6.05. The van der Waals surface area contributed by atoms with Gasteiger partial charge in [-0.3, -0.25) is 9.59 Å². The van der Waals surface area contributed by atoms with Crippen LogP contribution >= 0.6 is 11.6 Å². The van der Waals surface area contributed by atoms with E-state index in [1.165, 1.54) is 4.90 Å². The number of hydrogen-bond acceptors (Lipinski definition) is 2. The fraction of sp³-hybridized carbons (Fsp3) is 0.385. The topological polar surface area (TPSA) is 49.4 Å². The Balaban J connectivity index is 2.46. The normalized spacial score (nSPS) is 18.8. The lowest BCUT2D eigenvalue weighted by Crippen LogP contribution is -2.64. The molecule has 1 fully saturated rings. The van der Waals surface area contributed by atoms with Gasteiger partial charge in [-0.15, -0.1) is 0 Å². The van der Waals surface area contributed by atoms with Crippen molar-refractivity contribution in [2.24, 2.45) is 0 Å². The fourth-order valence-electron chi connectivity index (χ4n) is 2.08. The zero-order chi connectivity index (χ0) is 13.5. The Bertz CT molecular complexity index is 526. The summed E-state index contributed by atoms with van der Waals surface area (Å²) in [6.45, 7) is 5.26. The van der Waals surface area contributed by atoms with E-state index < -0.39 is 5.54 Å². The Labute approximate surface area is 111 Å². The van der Waals surface area contributed by atoms with Gasteiger partial charge in [0.15, 0.2) is 0 Å². The van der Waals surface area contributed by atoms with Crippen LogP contribution in [0.15, 0.2) is 18.2 Å². The minimum atomic E-state index is -0.885. The number of benzene rings is 1. The molecule has 1 aromatic carbocycles. The lowest BCUT2D eigenvalue weighted by Gasteiger charge is -2.38. The van der Waals surface area contributed by atoms with E-state index in [2.05, 4.69) is 5.32 Å². The fourth-order valence-corrected chi connectivity index (χ4v) is 2.25. The third-order valence-electron chi connectivity index (χ3n) is 3.06. The van der Waals surface area contributed by atoms with Crippen LogP contribution in [0.1, 0.15) is 19.4 Å². The highest BCUT2D eigenvalue weighted by Gasteiger charge is 2.40. The van der Waals surface area contributed by atoms with E-state index in [1.54, 1.807) is 32.0 Å². The Morgan fingerprint density at radius 3 is 2.67 bits per heavy atom. The number of amides is 2. The van der Waals surface area contributed by atoms with Crippen molar-refractivity contribution in [1.82, 2.24) is 5.32 Å². The number of rotatable bonds is 1. The Morgan fingerprint density at radius 1 is 1.33 bits per heavy atom. The molecule has 0 radical (unpaired) electrons. The SMILES string of the molecule is Cc1c(Cl)cccc1N1CC(=O)NC(C)(C)C1=O. The highest BCUT2D eigenvalue weighted by molar-refractivity contribution is 6.31. The van der Waals surface area contributed by atoms with Gasteiger partial charge in [0, 0.05) is 10.7 Å². The number of halogens is 1. The van der Waals surface area contributed by atoms with Gasteiger partial charge in [0.05, 0.1) is 0 Å². The molecule has 1 aromatic rings. The van der Waals surface area contributed by atoms with Crippen LogP contribution < -0.4 is 10.2 Å². The van der Waals surface area contributed by atoms with Crippen LogP contribution in [0.2, 0.25) is 5.02 Å². The smallest absolute Gasteiger partial charge is 0.252 e. The molecular formula is C13H15ClN2O2. The lowest BCUT2D eigenvalue weighted by molar-refractivity contribution is -0.134. The first-order valence-corrected chi connectivity index (χ1v) is 6.09. The molecule has 18 heavy (non-hydrogen) atoms. The quantitative estimate of drug-likeness (QED) is 0.844. The number of piperazine rings is 1. The maximum Gasteiger partial charge on any atom is 0.252 e. The molecule has 0 bridgehead atoms. The minimum absolute atomic E-state index is 0.0312. The van der Waals surface area contributed by atoms with Gasteiger partial charge in [-0.05, 0) is 38.5 Å². The van der Waals surface area contributed by atoms with Crippen molar-refractivity contribution in [2.45, 2.75) is 26.3 Å². The number of hydrogen-bond donors (Lipinski definition) is 1. The lowest BCUT2D eigenvalue weighted by atomic mass is 9.99. The summed E-state index contributed by atoms with van der Waals surface area (Å²) in [5.74, 6) is -0.300. The van der Waals surface area contributed by atoms with E-state index in [0.717, 1.165) is 5.56 Å². The van der Waals surface area contributed by atoms with Crippen molar-refractivity contribution < 1.29 is 9.59 Å². The predicted octanol–water partition coefficient (Wildman–Crippen LogP) is 1.89. The van der Waals surface area contributed by atoms with Crippen molar-refractivity contribution in [3.05, 3.63) is 28.8 Å². The van der Waals surface area contributed by atoms with E-state index in [1.807, 2.05) is 6.92 Å². The molecule has 0 aliphatic carbocycles. The second kappa shape index (κ2) is 4.28. The van der Waals surface area contributed by atoms with Crippen molar-refractivity contribution in [3.8, 4) is 0 Å². The van der Waals surface area contributed by atoms with Crippen LogP contribution in [0.3, 0.4) is 0 Å². The van der Waals surface area contributed by atoms with Gasteiger partial charge >= 0.3 is 0 Å². The molecule has 0 spiro atoms. The molecule has 1 aliphatic rings. The maximum atomic E-state index is 12.3. The monoisotopic (exact) mass is 266 g/mol. The molecule has 1 saturated heterocycles. The third-order valence-corrected chi connectivity index (χ3v) is 3.47. The Morgan fingerprint density at radius 2 is 2.00 bits per heavy atom. The highest BCUT2D eigenvalue weighted by atomic mass is 35.5. The third kappa shape index (κ3) is 2.08. The van der Waals surface area contributed by atoms with E-state index in [4.69, 9.17) is 11.6 Å². The van der Waals surface area contributed by atoms with Gasteiger partial charge in [0.1, 0.15) is 12.1 Å². The molecule has 0 atom stereocenters. The average Bonchev–Trinajstić information content (AvgIpc) is 2.27. The molecule has 1 aliphatic heterocycles. The van der Waals surface area contributed by atoms with Crippen molar-refractivity contribution in [1.29, 1.82) is 0 Å². The second-order valence-corrected chi connectivity index (χ2v) is 5.36. The molecule has 1 N–H and O–H groups in total.